The fourth-order valence-corrected chi connectivity index (χ4v) is 1.43. The van der Waals surface area contributed by atoms with E-state index in [0.29, 0.717) is 23.6 Å². The minimum atomic E-state index is -1.09. The molecule has 0 aliphatic carbocycles. The second-order valence-electron chi connectivity index (χ2n) is 3.92. The number of carboxylic acids is 1. The largest absolute Gasteiger partial charge is 0.478 e. The van der Waals surface area contributed by atoms with Gasteiger partial charge >= 0.3 is 5.97 Å². The second kappa shape index (κ2) is 6.53. The molecule has 0 aliphatic rings. The van der Waals surface area contributed by atoms with Gasteiger partial charge in [0.25, 0.3) is 5.91 Å². The monoisotopic (exact) mass is 264 g/mol. The molecule has 1 heterocycles. The molecule has 19 heavy (non-hydrogen) atoms. The highest BCUT2D eigenvalue weighted by molar-refractivity contribution is 5.85. The molecule has 1 unspecified atom stereocenters. The maximum absolute atomic E-state index is 11.1. The molecule has 0 spiro atoms. The molecule has 6 heteroatoms. The van der Waals surface area contributed by atoms with Gasteiger partial charge in [0.2, 0.25) is 0 Å². The summed E-state index contributed by atoms with van der Waals surface area (Å²) in [7, 11) is 0. The maximum Gasteiger partial charge on any atom is 0.328 e. The third kappa shape index (κ3) is 4.42. The van der Waals surface area contributed by atoms with Crippen molar-refractivity contribution in [3.05, 3.63) is 29.6 Å². The van der Waals surface area contributed by atoms with E-state index >= 15 is 0 Å². The van der Waals surface area contributed by atoms with Gasteiger partial charge in [-0.2, -0.15) is 0 Å². The summed E-state index contributed by atoms with van der Waals surface area (Å²) in [5, 5.41) is 8.62. The van der Waals surface area contributed by atoms with Gasteiger partial charge in [-0.05, 0) is 31.6 Å². The molecule has 1 amide bonds. The molecule has 3 N–H and O–H groups in total. The fourth-order valence-electron chi connectivity index (χ4n) is 1.43. The first-order chi connectivity index (χ1) is 8.93. The summed E-state index contributed by atoms with van der Waals surface area (Å²) in [6.45, 7) is 3.54. The maximum atomic E-state index is 11.1. The number of carbonyl (C=O) groups is 2. The van der Waals surface area contributed by atoms with E-state index in [2.05, 4.69) is 4.98 Å². The number of nitrogens with two attached hydrogens (primary N) is 1. The smallest absolute Gasteiger partial charge is 0.328 e. The molecule has 0 radical (unpaired) electrons. The van der Waals surface area contributed by atoms with Crippen LogP contribution in [-0.2, 0) is 9.59 Å². The normalized spacial score (nSPS) is 12.3. The third-order valence-electron chi connectivity index (χ3n) is 2.37. The van der Waals surface area contributed by atoms with Crippen molar-refractivity contribution < 1.29 is 19.4 Å². The molecular formula is C13H16N2O4. The summed E-state index contributed by atoms with van der Waals surface area (Å²) < 4.78 is 5.46. The molecule has 0 aliphatic heterocycles. The number of carbonyl (C=O) groups excluding carboxylic acids is 1. The van der Waals surface area contributed by atoms with E-state index in [-0.39, 0.29) is 0 Å². The van der Waals surface area contributed by atoms with Crippen LogP contribution >= 0.6 is 0 Å². The van der Waals surface area contributed by atoms with E-state index in [0.717, 1.165) is 6.08 Å². The number of primary amides is 1. The van der Waals surface area contributed by atoms with E-state index in [1.807, 2.05) is 0 Å². The summed E-state index contributed by atoms with van der Waals surface area (Å²) in [6, 6.07) is 3.34. The minimum Gasteiger partial charge on any atom is -0.478 e. The van der Waals surface area contributed by atoms with Gasteiger partial charge in [0.05, 0.1) is 0 Å². The Bertz CT molecular complexity index is 511. The van der Waals surface area contributed by atoms with E-state index in [9.17, 15) is 9.59 Å². The lowest BCUT2D eigenvalue weighted by molar-refractivity contribution is -0.131. The van der Waals surface area contributed by atoms with Crippen LogP contribution in [0.15, 0.2) is 18.2 Å². The Balaban J connectivity index is 3.05. The topological polar surface area (TPSA) is 103 Å². The molecular weight excluding hydrogens is 248 g/mol. The number of aromatic nitrogens is 1. The highest BCUT2D eigenvalue weighted by atomic mass is 16.5. The summed E-state index contributed by atoms with van der Waals surface area (Å²) >= 11 is 0. The molecule has 1 atom stereocenters. The molecule has 1 aromatic rings. The predicted octanol–water partition coefficient (Wildman–Crippen LogP) is 1.13. The zero-order chi connectivity index (χ0) is 14.4. The number of aliphatic carboxylic acids is 1. The summed E-state index contributed by atoms with van der Waals surface area (Å²) in [5.41, 5.74) is 6.26. The van der Waals surface area contributed by atoms with Crippen LogP contribution in [0.1, 0.15) is 24.7 Å². The fraction of sp³-hybridized carbons (Fsp3) is 0.308. The van der Waals surface area contributed by atoms with Crippen LogP contribution in [0.3, 0.4) is 0 Å². The van der Waals surface area contributed by atoms with Crippen molar-refractivity contribution in [3.8, 4) is 5.75 Å². The Hall–Kier alpha value is -2.37. The van der Waals surface area contributed by atoms with E-state index in [1.54, 1.807) is 26.0 Å². The standard InChI is InChI=1S/C13H16N2O4/c1-3-10(13(14)18)19-11-6-4-8(2)15-9(11)5-7-12(16)17/h4-7,10H,3H2,1-2H3,(H2,14,18)(H,16,17). The van der Waals surface area contributed by atoms with E-state index < -0.39 is 18.0 Å². The van der Waals surface area contributed by atoms with Crippen LogP contribution in [0.5, 0.6) is 5.75 Å². The van der Waals surface area contributed by atoms with Crippen molar-refractivity contribution in [1.82, 2.24) is 4.98 Å². The number of carboxylic acid groups (broad SMARTS) is 1. The van der Waals surface area contributed by atoms with Crippen molar-refractivity contribution in [2.75, 3.05) is 0 Å². The minimum absolute atomic E-state index is 0.328. The van der Waals surface area contributed by atoms with Crippen LogP contribution in [0.4, 0.5) is 0 Å². The van der Waals surface area contributed by atoms with Crippen molar-refractivity contribution in [2.24, 2.45) is 5.73 Å². The summed E-state index contributed by atoms with van der Waals surface area (Å²) in [5.74, 6) is -1.33. The highest BCUT2D eigenvalue weighted by Gasteiger charge is 2.16. The van der Waals surface area contributed by atoms with Gasteiger partial charge in [0, 0.05) is 11.8 Å². The van der Waals surface area contributed by atoms with Gasteiger partial charge in [-0.3, -0.25) is 4.79 Å². The summed E-state index contributed by atoms with van der Waals surface area (Å²) in [4.78, 5) is 25.8. The Labute approximate surface area is 110 Å². The predicted molar refractivity (Wildman–Crippen MR) is 69.5 cm³/mol. The molecule has 0 saturated heterocycles. The lowest BCUT2D eigenvalue weighted by Gasteiger charge is -2.15. The second-order valence-corrected chi connectivity index (χ2v) is 3.92. The number of nitrogens with zero attached hydrogens (tertiary/aromatic N) is 1. The molecule has 0 aromatic carbocycles. The number of rotatable bonds is 6. The van der Waals surface area contributed by atoms with Crippen molar-refractivity contribution in [3.63, 3.8) is 0 Å². The molecule has 102 valence electrons. The Kier molecular flexibility index (Phi) is 5.05. The Morgan fingerprint density at radius 2 is 2.21 bits per heavy atom. The van der Waals surface area contributed by atoms with Crippen LogP contribution in [0.2, 0.25) is 0 Å². The van der Waals surface area contributed by atoms with Gasteiger partial charge in [0.15, 0.2) is 6.10 Å². The number of hydrogen-bond donors (Lipinski definition) is 2. The number of hydrogen-bond acceptors (Lipinski definition) is 4. The van der Waals surface area contributed by atoms with Crippen molar-refractivity contribution >= 4 is 18.0 Å². The molecule has 0 saturated carbocycles. The lowest BCUT2D eigenvalue weighted by Crippen LogP contribution is -2.33. The van der Waals surface area contributed by atoms with Crippen LogP contribution in [-0.4, -0.2) is 28.1 Å². The summed E-state index contributed by atoms with van der Waals surface area (Å²) in [6.07, 6.45) is 1.94. The first kappa shape index (κ1) is 14.7. The van der Waals surface area contributed by atoms with E-state index in [4.69, 9.17) is 15.6 Å². The molecule has 6 nitrogen and oxygen atoms in total. The first-order valence-electron chi connectivity index (χ1n) is 5.78. The average molecular weight is 264 g/mol. The van der Waals surface area contributed by atoms with Crippen molar-refractivity contribution in [1.29, 1.82) is 0 Å². The van der Waals surface area contributed by atoms with E-state index in [1.165, 1.54) is 6.08 Å². The number of aryl methyl sites for hydroxylation is 1. The van der Waals surface area contributed by atoms with Crippen LogP contribution < -0.4 is 10.5 Å². The van der Waals surface area contributed by atoms with Gasteiger partial charge in [-0.25, -0.2) is 9.78 Å². The molecule has 0 fully saturated rings. The quantitative estimate of drug-likeness (QED) is 0.750. The van der Waals surface area contributed by atoms with Gasteiger partial charge in [-0.1, -0.05) is 6.92 Å². The zero-order valence-electron chi connectivity index (χ0n) is 10.8. The van der Waals surface area contributed by atoms with Gasteiger partial charge < -0.3 is 15.6 Å². The number of amides is 1. The number of ether oxygens (including phenoxy) is 1. The van der Waals surface area contributed by atoms with Gasteiger partial charge in [-0.15, -0.1) is 0 Å². The Morgan fingerprint density at radius 1 is 1.53 bits per heavy atom. The first-order valence-corrected chi connectivity index (χ1v) is 5.78. The molecule has 0 bridgehead atoms. The zero-order valence-corrected chi connectivity index (χ0v) is 10.8. The lowest BCUT2D eigenvalue weighted by atomic mass is 10.2. The van der Waals surface area contributed by atoms with Crippen LogP contribution in [0, 0.1) is 6.92 Å². The average Bonchev–Trinajstić information content (AvgIpc) is 2.34. The number of pyridine rings is 1. The Morgan fingerprint density at radius 3 is 2.74 bits per heavy atom. The molecule has 1 rings (SSSR count). The third-order valence-corrected chi connectivity index (χ3v) is 2.37. The van der Waals surface area contributed by atoms with Crippen molar-refractivity contribution in [2.45, 2.75) is 26.4 Å². The van der Waals surface area contributed by atoms with Crippen LogP contribution in [0.25, 0.3) is 6.08 Å². The highest BCUT2D eigenvalue weighted by Crippen LogP contribution is 2.20. The van der Waals surface area contributed by atoms with Gasteiger partial charge in [0.1, 0.15) is 11.4 Å². The SMILES string of the molecule is CCC(Oc1ccc(C)nc1C=CC(=O)O)C(N)=O. The molecule has 1 aromatic heterocycles.